The molecule has 2 atom stereocenters. The van der Waals surface area contributed by atoms with Crippen molar-refractivity contribution in [3.63, 3.8) is 0 Å². The molecule has 0 radical (unpaired) electrons. The summed E-state index contributed by atoms with van der Waals surface area (Å²) in [5.41, 5.74) is 2.06. The summed E-state index contributed by atoms with van der Waals surface area (Å²) in [5, 5.41) is 15.1. The highest BCUT2D eigenvalue weighted by molar-refractivity contribution is 7.92. The lowest BCUT2D eigenvalue weighted by Gasteiger charge is -2.50. The Hall–Kier alpha value is -4.50. The Morgan fingerprint density at radius 2 is 1.55 bits per heavy atom. The van der Waals surface area contributed by atoms with Gasteiger partial charge in [-0.25, -0.2) is 13.4 Å². The van der Waals surface area contributed by atoms with Crippen LogP contribution in [0.3, 0.4) is 0 Å². The third-order valence-electron chi connectivity index (χ3n) is 10.5. The fourth-order valence-electron chi connectivity index (χ4n) is 6.68. The van der Waals surface area contributed by atoms with Crippen molar-refractivity contribution >= 4 is 41.5 Å². The Morgan fingerprint density at radius 1 is 0.927 bits per heavy atom. The number of carbonyl (C=O) groups is 1. The first-order valence-electron chi connectivity index (χ1n) is 17.9. The largest absolute Gasteiger partial charge is 0.530 e. The van der Waals surface area contributed by atoms with Crippen LogP contribution < -0.4 is 9.83 Å². The fourth-order valence-corrected chi connectivity index (χ4v) is 10.1. The van der Waals surface area contributed by atoms with Gasteiger partial charge in [0.25, 0.3) is 10.0 Å². The minimum atomic E-state index is -4.43. The molecule has 1 amide bonds. The van der Waals surface area contributed by atoms with E-state index in [1.807, 2.05) is 30.3 Å². The molecule has 1 aliphatic heterocycles. The van der Waals surface area contributed by atoms with E-state index in [0.717, 1.165) is 23.3 Å². The molecular formula is C41H43F3N3O5S2Si-. The van der Waals surface area contributed by atoms with E-state index in [1.54, 1.807) is 41.8 Å². The lowest BCUT2D eigenvalue weighted by Crippen LogP contribution is -2.62. The Balaban J connectivity index is 1.14. The topological polar surface area (TPSA) is 112 Å². The number of hydrogen-bond acceptors (Lipinski definition) is 7. The number of anilines is 1. The Bertz CT molecular complexity index is 2220. The number of carboxylic acid groups (broad SMARTS) is 1. The van der Waals surface area contributed by atoms with Gasteiger partial charge in [-0.05, 0) is 84.9 Å². The van der Waals surface area contributed by atoms with Crippen LogP contribution in [0, 0.1) is 0 Å². The number of rotatable bonds is 11. The van der Waals surface area contributed by atoms with Crippen LogP contribution in [0.5, 0.6) is 0 Å². The highest BCUT2D eigenvalue weighted by atomic mass is 32.2. The van der Waals surface area contributed by atoms with Crippen molar-refractivity contribution in [1.82, 2.24) is 9.88 Å². The van der Waals surface area contributed by atoms with E-state index in [-0.39, 0.29) is 9.93 Å². The molecule has 5 aromatic rings. The van der Waals surface area contributed by atoms with Crippen LogP contribution in [0.25, 0.3) is 21.8 Å². The van der Waals surface area contributed by atoms with Crippen LogP contribution in [-0.2, 0) is 33.5 Å². The quantitative estimate of drug-likeness (QED) is 0.133. The number of nitrogens with one attached hydrogen (secondary N) is 1. The molecule has 290 valence electrons. The minimum absolute atomic E-state index is 0.0342. The first-order valence-corrected chi connectivity index (χ1v) is 23.1. The summed E-state index contributed by atoms with van der Waals surface area (Å²) in [6.07, 6.45) is -3.80. The van der Waals surface area contributed by atoms with Gasteiger partial charge in [0.15, 0.2) is 8.32 Å². The van der Waals surface area contributed by atoms with E-state index in [2.05, 4.69) is 43.6 Å². The average molecular weight is 807 g/mol. The van der Waals surface area contributed by atoms with Crippen molar-refractivity contribution in [2.45, 2.75) is 87.4 Å². The zero-order valence-corrected chi connectivity index (χ0v) is 33.8. The van der Waals surface area contributed by atoms with Crippen molar-refractivity contribution in [2.75, 3.05) is 4.72 Å². The van der Waals surface area contributed by atoms with Crippen LogP contribution in [-0.4, -0.2) is 44.5 Å². The predicted molar refractivity (Wildman–Crippen MR) is 210 cm³/mol. The second-order valence-electron chi connectivity index (χ2n) is 15.4. The zero-order valence-electron chi connectivity index (χ0n) is 31.2. The summed E-state index contributed by atoms with van der Waals surface area (Å²) in [4.78, 5) is 18.9. The van der Waals surface area contributed by atoms with Gasteiger partial charge in [-0.2, -0.15) is 13.2 Å². The third-order valence-corrected chi connectivity index (χ3v) is 17.3. The van der Waals surface area contributed by atoms with Gasteiger partial charge >= 0.3 is 6.18 Å². The molecule has 0 spiro atoms. The van der Waals surface area contributed by atoms with Gasteiger partial charge in [0.05, 0.1) is 16.2 Å². The lowest BCUT2D eigenvalue weighted by molar-refractivity contribution is -0.280. The summed E-state index contributed by atoms with van der Waals surface area (Å²) < 4.78 is 75.2. The Labute approximate surface area is 325 Å². The molecule has 1 N–H and O–H groups in total. The highest BCUT2D eigenvalue weighted by Crippen LogP contribution is 2.46. The zero-order chi connectivity index (χ0) is 39.8. The fraction of sp³-hybridized carbons (Fsp3) is 0.317. The maximum absolute atomic E-state index is 13.3. The van der Waals surface area contributed by atoms with E-state index < -0.39 is 47.9 Å². The molecular weight excluding hydrogens is 764 g/mol. The number of aromatic nitrogens is 1. The second-order valence-corrected chi connectivity index (χ2v) is 22.7. The molecule has 1 aromatic heterocycles. The maximum atomic E-state index is 13.3. The van der Waals surface area contributed by atoms with Crippen molar-refractivity contribution in [3.05, 3.63) is 125 Å². The first-order chi connectivity index (χ1) is 25.8. The minimum Gasteiger partial charge on any atom is -0.530 e. The SMILES string of the molecule is CC(C)(C)[Si](C)(C)O[C@@]1(Cc2ccccc2)CCC(Cc2ccc(NS(=O)(=O)c3ccc(-c4nc(-c5ccc(C(F)(F)F)cc5)cs4)cc3)cc2)N1C(=O)[O-]. The number of carbonyl (C=O) groups excluding carboxylic acids is 1. The van der Waals surface area contributed by atoms with Gasteiger partial charge in [0.1, 0.15) is 16.8 Å². The van der Waals surface area contributed by atoms with Crippen LogP contribution in [0.1, 0.15) is 50.3 Å². The molecule has 4 aromatic carbocycles. The van der Waals surface area contributed by atoms with Crippen LogP contribution in [0.15, 0.2) is 113 Å². The predicted octanol–water partition coefficient (Wildman–Crippen LogP) is 9.61. The van der Waals surface area contributed by atoms with E-state index in [9.17, 15) is 31.5 Å². The Kier molecular flexibility index (Phi) is 11.1. The molecule has 0 aliphatic carbocycles. The molecule has 0 saturated carbocycles. The number of sulfonamides is 1. The standard InChI is InChI=1S/C41H44F3N3O5S2Si/c1-39(2,3)55(4,5)52-40(26-29-9-7-6-8-10-29)24-23-34(47(40)38(48)49)25-28-11-19-33(20-12-28)46-54(50,51)35-21-15-31(16-22-35)37-45-36(27-53-37)30-13-17-32(18-14-30)41(42,43)44/h6-22,27,34,46H,23-26H2,1-5H3,(H,48,49)/p-1/t34?,40-/m1/s1. The van der Waals surface area contributed by atoms with Crippen LogP contribution in [0.4, 0.5) is 23.7 Å². The van der Waals surface area contributed by atoms with Gasteiger partial charge in [-0.3, -0.25) is 4.72 Å². The number of amides is 1. The molecule has 55 heavy (non-hydrogen) atoms. The van der Waals surface area contributed by atoms with Gasteiger partial charge in [0.2, 0.25) is 0 Å². The van der Waals surface area contributed by atoms with Crippen molar-refractivity contribution < 1.29 is 35.9 Å². The molecule has 1 fully saturated rings. The van der Waals surface area contributed by atoms with Gasteiger partial charge in [-0.1, -0.05) is 87.5 Å². The van der Waals surface area contributed by atoms with E-state index >= 15 is 0 Å². The molecule has 6 rings (SSSR count). The van der Waals surface area contributed by atoms with Gasteiger partial charge in [0, 0.05) is 34.7 Å². The number of hydrogen-bond donors (Lipinski definition) is 1. The van der Waals surface area contributed by atoms with Crippen molar-refractivity contribution in [3.8, 4) is 21.8 Å². The molecule has 1 saturated heterocycles. The summed E-state index contributed by atoms with van der Waals surface area (Å²) in [5.74, 6) is 0. The average Bonchev–Trinajstić information content (AvgIpc) is 3.74. The monoisotopic (exact) mass is 806 g/mol. The van der Waals surface area contributed by atoms with E-state index in [4.69, 9.17) is 4.43 Å². The van der Waals surface area contributed by atoms with Crippen molar-refractivity contribution in [2.24, 2.45) is 0 Å². The summed E-state index contributed by atoms with van der Waals surface area (Å²) >= 11 is 1.30. The molecule has 8 nitrogen and oxygen atoms in total. The molecule has 14 heteroatoms. The maximum Gasteiger partial charge on any atom is 0.416 e. The molecule has 0 bridgehead atoms. The van der Waals surface area contributed by atoms with E-state index in [0.29, 0.717) is 53.2 Å². The molecule has 1 unspecified atom stereocenters. The second kappa shape index (κ2) is 15.2. The summed E-state index contributed by atoms with van der Waals surface area (Å²) in [6, 6.07) is 27.2. The number of nitrogens with zero attached hydrogens (tertiary/aromatic N) is 2. The molecule has 1 aliphatic rings. The van der Waals surface area contributed by atoms with Crippen LogP contribution >= 0.6 is 11.3 Å². The summed E-state index contributed by atoms with van der Waals surface area (Å²) in [6.45, 7) is 10.6. The van der Waals surface area contributed by atoms with Crippen molar-refractivity contribution in [1.29, 1.82) is 0 Å². The number of benzene rings is 4. The smallest absolute Gasteiger partial charge is 0.416 e. The van der Waals surface area contributed by atoms with Gasteiger partial charge < -0.3 is 19.2 Å². The number of halogens is 3. The third kappa shape index (κ3) is 8.98. The first kappa shape index (κ1) is 40.2. The highest BCUT2D eigenvalue weighted by Gasteiger charge is 2.52. The summed E-state index contributed by atoms with van der Waals surface area (Å²) in [7, 11) is -6.39. The number of likely N-dealkylation sites (tertiary alicyclic amines) is 1. The van der Waals surface area contributed by atoms with Gasteiger partial charge in [-0.15, -0.1) is 11.3 Å². The van der Waals surface area contributed by atoms with Crippen LogP contribution in [0.2, 0.25) is 18.1 Å². The number of thiazole rings is 1. The Morgan fingerprint density at radius 3 is 2.13 bits per heavy atom. The van der Waals surface area contributed by atoms with E-state index in [1.165, 1.54) is 40.5 Å². The normalized spacial score (nSPS) is 18.0. The lowest BCUT2D eigenvalue weighted by atomic mass is 10.00. The number of alkyl halides is 3. The molecule has 2 heterocycles.